The third kappa shape index (κ3) is 4.82. The zero-order valence-corrected chi connectivity index (χ0v) is 27.0. The minimum absolute atomic E-state index is 0.0478. The molecule has 2 spiro atoms. The molecular weight excluding hydrogens is 791 g/mol. The van der Waals surface area contributed by atoms with Crippen molar-refractivity contribution in [3.8, 4) is 0 Å². The van der Waals surface area contributed by atoms with E-state index in [0.717, 1.165) is 38.5 Å². The number of ether oxygens (including phenoxy) is 4. The number of rotatable bonds is 8. The number of carbonyl (C=O) groups excluding carboxylic acids is 2. The van der Waals surface area contributed by atoms with Crippen molar-refractivity contribution in [2.24, 2.45) is 23.2 Å². The van der Waals surface area contributed by atoms with Gasteiger partial charge in [-0.15, -0.1) is 0 Å². The number of hydrogen-bond donors (Lipinski definition) is 1. The summed E-state index contributed by atoms with van der Waals surface area (Å²) < 4.78 is 27.7. The molecule has 2 bridgehead atoms. The zero-order chi connectivity index (χ0) is 25.1. The molecule has 10 heteroatoms. The summed E-state index contributed by atoms with van der Waals surface area (Å²) in [7, 11) is 0. The highest BCUT2D eigenvalue weighted by atomic mass is 127. The summed E-state index contributed by atoms with van der Waals surface area (Å²) in [5.41, 5.74) is -1.17. The Bertz CT molecular complexity index is 852. The number of halogens is 3. The molecular formula is C25H36I3NO6. The largest absolute Gasteiger partial charge is 0.458 e. The fraction of sp³-hybridized carbons (Fsp3) is 0.920. The number of nitrogens with one attached hydrogen (secondary N) is 1. The predicted molar refractivity (Wildman–Crippen MR) is 155 cm³/mol. The van der Waals surface area contributed by atoms with Crippen LogP contribution in [0.15, 0.2) is 0 Å². The number of fused-ring (bicyclic) bond motifs is 1. The molecule has 6 unspecified atom stereocenters. The van der Waals surface area contributed by atoms with Crippen LogP contribution < -0.4 is 3.53 Å². The Hall–Kier alpha value is 1.01. The van der Waals surface area contributed by atoms with Crippen LogP contribution in [0, 0.1) is 23.2 Å². The minimum atomic E-state index is -1.19. The Balaban J connectivity index is 1.34. The Kier molecular flexibility index (Phi) is 7.79. The van der Waals surface area contributed by atoms with Crippen LogP contribution in [-0.4, -0.2) is 50.1 Å². The number of carbonyl (C=O) groups is 2. The standard InChI is InChI=1S/C25H36I3NO6/c1-3-24(17-8-16(2)9-21(10-17)11-18(21)24)34-19(30)12-22(35-20(31)25(27,13-26)29-28)14-32-23(33-15-22)6-4-5-7-23/h16-18,29H,3-15H2,1-2H3. The van der Waals surface area contributed by atoms with Crippen LogP contribution in [0.5, 0.6) is 0 Å². The molecule has 0 aromatic rings. The highest BCUT2D eigenvalue weighted by Gasteiger charge is 2.75. The summed E-state index contributed by atoms with van der Waals surface area (Å²) in [5.74, 6) is 0.278. The normalized spacial score (nSPS) is 40.1. The Morgan fingerprint density at radius 3 is 2.40 bits per heavy atom. The predicted octanol–water partition coefficient (Wildman–Crippen LogP) is 5.63. The lowest BCUT2D eigenvalue weighted by Gasteiger charge is -2.45. The van der Waals surface area contributed by atoms with Crippen molar-refractivity contribution in [3.63, 3.8) is 0 Å². The lowest BCUT2D eigenvalue weighted by molar-refractivity contribution is -0.318. The van der Waals surface area contributed by atoms with Crippen molar-refractivity contribution in [2.45, 2.75) is 98.6 Å². The molecule has 5 fully saturated rings. The van der Waals surface area contributed by atoms with Crippen molar-refractivity contribution in [2.75, 3.05) is 17.6 Å². The molecule has 1 heterocycles. The third-order valence-corrected chi connectivity index (χ3v) is 15.1. The molecule has 198 valence electrons. The summed E-state index contributed by atoms with van der Waals surface area (Å²) in [6.07, 6.45) is 9.34. The topological polar surface area (TPSA) is 83.1 Å². The van der Waals surface area contributed by atoms with Gasteiger partial charge in [0.1, 0.15) is 5.60 Å². The lowest BCUT2D eigenvalue weighted by Crippen LogP contribution is -2.59. The minimum Gasteiger partial charge on any atom is -0.458 e. The van der Waals surface area contributed by atoms with Crippen molar-refractivity contribution in [1.82, 2.24) is 3.53 Å². The van der Waals surface area contributed by atoms with Gasteiger partial charge in [-0.25, -0.2) is 8.32 Å². The molecule has 5 aliphatic rings. The summed E-state index contributed by atoms with van der Waals surface area (Å²) in [6.45, 7) is 4.80. The molecule has 0 radical (unpaired) electrons. The molecule has 0 amide bonds. The van der Waals surface area contributed by atoms with Crippen LogP contribution in [0.2, 0.25) is 0 Å². The first-order valence-electron chi connectivity index (χ1n) is 12.9. The second kappa shape index (κ2) is 9.88. The second-order valence-corrected chi connectivity index (χ2v) is 15.0. The van der Waals surface area contributed by atoms with Crippen LogP contribution >= 0.6 is 68.0 Å². The van der Waals surface area contributed by atoms with Crippen LogP contribution in [-0.2, 0) is 28.5 Å². The molecule has 4 saturated carbocycles. The van der Waals surface area contributed by atoms with Gasteiger partial charge in [0.05, 0.1) is 19.6 Å². The van der Waals surface area contributed by atoms with E-state index in [1.165, 1.54) is 19.3 Å². The van der Waals surface area contributed by atoms with E-state index in [9.17, 15) is 9.59 Å². The van der Waals surface area contributed by atoms with Crippen LogP contribution in [0.4, 0.5) is 0 Å². The first-order valence-corrected chi connectivity index (χ1v) is 16.6. The van der Waals surface area contributed by atoms with Crippen molar-refractivity contribution < 1.29 is 28.5 Å². The highest BCUT2D eigenvalue weighted by molar-refractivity contribution is 14.1. The molecule has 1 saturated heterocycles. The maximum Gasteiger partial charge on any atom is 0.338 e. The van der Waals surface area contributed by atoms with E-state index in [-0.39, 0.29) is 31.2 Å². The van der Waals surface area contributed by atoms with Crippen LogP contribution in [0.25, 0.3) is 0 Å². The van der Waals surface area contributed by atoms with Gasteiger partial charge in [0, 0.05) is 46.1 Å². The number of hydrogen-bond acceptors (Lipinski definition) is 7. The summed E-state index contributed by atoms with van der Waals surface area (Å²) in [6, 6.07) is 0. The fourth-order valence-corrected chi connectivity index (χ4v) is 9.50. The van der Waals surface area contributed by atoms with E-state index in [1.807, 2.05) is 22.9 Å². The molecule has 1 N–H and O–H groups in total. The average molecular weight is 827 g/mol. The van der Waals surface area contributed by atoms with E-state index < -0.39 is 20.9 Å². The van der Waals surface area contributed by atoms with E-state index in [2.05, 4.69) is 62.6 Å². The van der Waals surface area contributed by atoms with Crippen molar-refractivity contribution in [3.05, 3.63) is 0 Å². The Morgan fingerprint density at radius 2 is 1.80 bits per heavy atom. The van der Waals surface area contributed by atoms with E-state index in [0.29, 0.717) is 27.6 Å². The molecule has 5 rings (SSSR count). The Labute approximate surface area is 249 Å². The average Bonchev–Trinajstić information content (AvgIpc) is 3.23. The monoisotopic (exact) mass is 827 g/mol. The van der Waals surface area contributed by atoms with E-state index >= 15 is 0 Å². The van der Waals surface area contributed by atoms with Gasteiger partial charge in [0.2, 0.25) is 0 Å². The van der Waals surface area contributed by atoms with Crippen molar-refractivity contribution in [1.29, 1.82) is 0 Å². The van der Waals surface area contributed by atoms with E-state index in [4.69, 9.17) is 18.9 Å². The van der Waals surface area contributed by atoms with Crippen molar-refractivity contribution >= 4 is 80.0 Å². The Morgan fingerprint density at radius 1 is 1.11 bits per heavy atom. The first kappa shape index (κ1) is 27.6. The molecule has 6 atom stereocenters. The maximum absolute atomic E-state index is 13.6. The SMILES string of the molecule is CCC1(OC(=O)CC2(OC(=O)C(I)(CI)NI)COC3(CCCC3)OC2)C2CC(C)CC3(C2)CC31. The first-order chi connectivity index (χ1) is 16.6. The van der Waals surface area contributed by atoms with Gasteiger partial charge in [-0.2, -0.15) is 0 Å². The summed E-state index contributed by atoms with van der Waals surface area (Å²) in [5, 5.41) is 0. The summed E-state index contributed by atoms with van der Waals surface area (Å²) in [4.78, 5) is 26.8. The summed E-state index contributed by atoms with van der Waals surface area (Å²) >= 11 is 6.21. The van der Waals surface area contributed by atoms with Gasteiger partial charge in [-0.3, -0.25) is 4.79 Å². The van der Waals surface area contributed by atoms with Crippen LogP contribution in [0.1, 0.15) is 78.1 Å². The lowest BCUT2D eigenvalue weighted by atomic mass is 9.73. The quantitative estimate of drug-likeness (QED) is 0.112. The van der Waals surface area contributed by atoms with Gasteiger partial charge in [0.15, 0.2) is 14.9 Å². The maximum atomic E-state index is 13.6. The molecule has 0 aromatic heterocycles. The number of alkyl halides is 2. The molecule has 4 aliphatic carbocycles. The molecule has 7 nitrogen and oxygen atoms in total. The molecule has 0 aromatic carbocycles. The van der Waals surface area contributed by atoms with Crippen LogP contribution in [0.3, 0.4) is 0 Å². The van der Waals surface area contributed by atoms with Gasteiger partial charge in [0.25, 0.3) is 0 Å². The smallest absolute Gasteiger partial charge is 0.338 e. The zero-order valence-electron chi connectivity index (χ0n) is 20.5. The molecule has 35 heavy (non-hydrogen) atoms. The second-order valence-electron chi connectivity index (χ2n) is 11.8. The highest BCUT2D eigenvalue weighted by Crippen LogP contribution is 2.77. The number of esters is 2. The molecule has 1 aliphatic heterocycles. The fourth-order valence-electron chi connectivity index (χ4n) is 7.74. The van der Waals surface area contributed by atoms with Gasteiger partial charge in [-0.1, -0.05) is 36.4 Å². The van der Waals surface area contributed by atoms with Gasteiger partial charge >= 0.3 is 11.9 Å². The van der Waals surface area contributed by atoms with Gasteiger partial charge in [-0.05, 0) is 84.8 Å². The van der Waals surface area contributed by atoms with E-state index in [1.54, 1.807) is 0 Å². The van der Waals surface area contributed by atoms with Gasteiger partial charge < -0.3 is 18.9 Å². The third-order valence-electron chi connectivity index (χ3n) is 9.42.